The number of carbonyl (C=O) groups is 1. The number of pyridine rings is 2. The molecule has 1 saturated carbocycles. The van der Waals surface area contributed by atoms with Crippen molar-refractivity contribution in [2.45, 2.75) is 32.1 Å². The van der Waals surface area contributed by atoms with E-state index in [1.54, 1.807) is 25.6 Å². The predicted octanol–water partition coefficient (Wildman–Crippen LogP) is 3.81. The molecule has 3 aromatic heterocycles. The van der Waals surface area contributed by atoms with Crippen LogP contribution >= 0.6 is 0 Å². The Morgan fingerprint density at radius 3 is 2.85 bits per heavy atom. The van der Waals surface area contributed by atoms with Crippen LogP contribution in [-0.4, -0.2) is 46.0 Å². The summed E-state index contributed by atoms with van der Waals surface area (Å²) in [5, 5.41) is 6.16. The lowest BCUT2D eigenvalue weighted by Gasteiger charge is -2.37. The molecular weight excluding hydrogens is 414 g/mol. The van der Waals surface area contributed by atoms with Gasteiger partial charge in [0.05, 0.1) is 0 Å². The van der Waals surface area contributed by atoms with Crippen molar-refractivity contribution in [2.24, 2.45) is 11.3 Å². The predicted molar refractivity (Wildman–Crippen MR) is 128 cm³/mol. The Hall–Kier alpha value is -3.55. The minimum atomic E-state index is 0.112. The van der Waals surface area contributed by atoms with E-state index in [-0.39, 0.29) is 17.2 Å². The van der Waals surface area contributed by atoms with Crippen molar-refractivity contribution in [2.75, 3.05) is 30.4 Å². The number of hydrogen-bond donors (Lipinski definition) is 2. The largest absolute Gasteiger partial charge is 0.359 e. The molecule has 2 aliphatic rings. The van der Waals surface area contributed by atoms with Crippen LogP contribution in [0.5, 0.6) is 0 Å². The zero-order chi connectivity index (χ0) is 22.7. The molecule has 0 bridgehead atoms. The van der Waals surface area contributed by atoms with Gasteiger partial charge in [0.1, 0.15) is 17.5 Å². The Balaban J connectivity index is 1.43. The van der Waals surface area contributed by atoms with Gasteiger partial charge in [-0.25, -0.2) is 15.0 Å². The first-order valence-corrected chi connectivity index (χ1v) is 11.6. The molecule has 2 fully saturated rings. The van der Waals surface area contributed by atoms with E-state index in [0.717, 1.165) is 62.4 Å². The molecule has 4 heterocycles. The summed E-state index contributed by atoms with van der Waals surface area (Å²) in [6.07, 6.45) is 10.6. The third-order valence-electron chi connectivity index (χ3n) is 6.87. The Morgan fingerprint density at radius 2 is 2.06 bits per heavy atom. The van der Waals surface area contributed by atoms with Crippen molar-refractivity contribution < 1.29 is 4.79 Å². The maximum atomic E-state index is 12.3. The van der Waals surface area contributed by atoms with E-state index in [2.05, 4.69) is 25.5 Å². The molecule has 2 unspecified atom stereocenters. The molecule has 1 amide bonds. The van der Waals surface area contributed by atoms with E-state index in [9.17, 15) is 4.79 Å². The summed E-state index contributed by atoms with van der Waals surface area (Å²) in [7, 11) is 1.74. The highest BCUT2D eigenvalue weighted by molar-refractivity contribution is 5.78. The zero-order valence-corrected chi connectivity index (χ0v) is 18.9. The molecule has 1 aliphatic heterocycles. The maximum absolute atomic E-state index is 12.3. The molecule has 5 rings (SSSR count). The highest BCUT2D eigenvalue weighted by Gasteiger charge is 2.43. The molecule has 1 aliphatic carbocycles. The third kappa shape index (κ3) is 4.65. The molecule has 0 aromatic carbocycles. The standard InChI is InChI=1S/C25H29N7O/c1-26-24(33)18-6-4-9-25(15-18)10-13-32(17-25)22-14-21(29-20-8-2-3-12-28-20)30-23(31-22)19-7-5-11-27-16-19/h2-3,5,7-8,11-12,14,16,18H,4,6,9-10,13,15,17H2,1H3,(H,26,33)(H,28,29,30,31). The molecule has 0 radical (unpaired) electrons. The van der Waals surface area contributed by atoms with Gasteiger partial charge in [0.25, 0.3) is 0 Å². The summed E-state index contributed by atoms with van der Waals surface area (Å²) in [4.78, 5) is 32.9. The Bertz CT molecular complexity index is 1110. The van der Waals surface area contributed by atoms with Crippen LogP contribution in [0.3, 0.4) is 0 Å². The van der Waals surface area contributed by atoms with Crippen LogP contribution in [0.25, 0.3) is 11.4 Å². The summed E-state index contributed by atoms with van der Waals surface area (Å²) in [6.45, 7) is 1.83. The summed E-state index contributed by atoms with van der Waals surface area (Å²) < 4.78 is 0. The summed E-state index contributed by atoms with van der Waals surface area (Å²) >= 11 is 0. The number of carbonyl (C=O) groups excluding carboxylic acids is 1. The summed E-state index contributed by atoms with van der Waals surface area (Å²) in [6, 6.07) is 11.6. The average Bonchev–Trinajstić information content (AvgIpc) is 3.27. The lowest BCUT2D eigenvalue weighted by molar-refractivity contribution is -0.126. The second-order valence-electron chi connectivity index (χ2n) is 9.10. The fraction of sp³-hybridized carbons (Fsp3) is 0.400. The van der Waals surface area contributed by atoms with Gasteiger partial charge in [0.15, 0.2) is 5.82 Å². The molecule has 1 spiro atoms. The van der Waals surface area contributed by atoms with Gasteiger partial charge >= 0.3 is 0 Å². The van der Waals surface area contributed by atoms with Crippen LogP contribution in [0.15, 0.2) is 55.0 Å². The van der Waals surface area contributed by atoms with Crippen LogP contribution in [-0.2, 0) is 4.79 Å². The number of amides is 1. The lowest BCUT2D eigenvalue weighted by Crippen LogP contribution is -2.38. The number of rotatable bonds is 5. The molecule has 1 saturated heterocycles. The lowest BCUT2D eigenvalue weighted by atomic mass is 9.69. The number of nitrogens with one attached hydrogen (secondary N) is 2. The molecule has 3 aromatic rings. The van der Waals surface area contributed by atoms with Gasteiger partial charge < -0.3 is 15.5 Å². The molecule has 8 heteroatoms. The Labute approximate surface area is 193 Å². The highest BCUT2D eigenvalue weighted by atomic mass is 16.1. The van der Waals surface area contributed by atoms with E-state index < -0.39 is 0 Å². The normalized spacial score (nSPS) is 22.3. The second-order valence-corrected chi connectivity index (χ2v) is 9.10. The molecule has 170 valence electrons. The van der Waals surface area contributed by atoms with E-state index in [0.29, 0.717) is 11.6 Å². The van der Waals surface area contributed by atoms with Crippen LogP contribution < -0.4 is 15.5 Å². The number of aromatic nitrogens is 4. The zero-order valence-electron chi connectivity index (χ0n) is 18.9. The second kappa shape index (κ2) is 9.13. The first-order valence-electron chi connectivity index (χ1n) is 11.6. The first-order chi connectivity index (χ1) is 16.1. The molecular formula is C25H29N7O. The van der Waals surface area contributed by atoms with Gasteiger partial charge in [-0.1, -0.05) is 12.5 Å². The highest BCUT2D eigenvalue weighted by Crippen LogP contribution is 2.47. The van der Waals surface area contributed by atoms with Crippen molar-refractivity contribution in [1.82, 2.24) is 25.3 Å². The van der Waals surface area contributed by atoms with Crippen LogP contribution in [0.1, 0.15) is 32.1 Å². The van der Waals surface area contributed by atoms with Crippen molar-refractivity contribution >= 4 is 23.4 Å². The molecule has 2 N–H and O–H groups in total. The van der Waals surface area contributed by atoms with Gasteiger partial charge in [-0.15, -0.1) is 0 Å². The van der Waals surface area contributed by atoms with Crippen molar-refractivity contribution in [1.29, 1.82) is 0 Å². The van der Waals surface area contributed by atoms with Gasteiger partial charge in [-0.2, -0.15) is 0 Å². The topological polar surface area (TPSA) is 95.9 Å². The third-order valence-corrected chi connectivity index (χ3v) is 6.87. The number of hydrogen-bond acceptors (Lipinski definition) is 7. The Kier molecular flexibility index (Phi) is 5.90. The number of nitrogens with zero attached hydrogens (tertiary/aromatic N) is 5. The SMILES string of the molecule is CNC(=O)C1CCCC2(CCN(c3cc(Nc4ccccn4)nc(-c4cccnc4)n3)C2)C1. The van der Waals surface area contributed by atoms with Crippen LogP contribution in [0, 0.1) is 11.3 Å². The minimum Gasteiger partial charge on any atom is -0.359 e. The smallest absolute Gasteiger partial charge is 0.222 e. The van der Waals surface area contributed by atoms with Crippen molar-refractivity contribution in [3.05, 3.63) is 55.0 Å². The fourth-order valence-electron chi connectivity index (χ4n) is 5.23. The molecule has 8 nitrogen and oxygen atoms in total. The molecule has 33 heavy (non-hydrogen) atoms. The Morgan fingerprint density at radius 1 is 1.12 bits per heavy atom. The fourth-order valence-corrected chi connectivity index (χ4v) is 5.23. The van der Waals surface area contributed by atoms with Crippen molar-refractivity contribution in [3.63, 3.8) is 0 Å². The monoisotopic (exact) mass is 443 g/mol. The van der Waals surface area contributed by atoms with Gasteiger partial charge in [0.2, 0.25) is 5.91 Å². The van der Waals surface area contributed by atoms with Gasteiger partial charge in [-0.3, -0.25) is 9.78 Å². The quantitative estimate of drug-likeness (QED) is 0.619. The number of anilines is 3. The van der Waals surface area contributed by atoms with E-state index in [4.69, 9.17) is 9.97 Å². The first kappa shape index (κ1) is 21.3. The maximum Gasteiger partial charge on any atom is 0.222 e. The van der Waals surface area contributed by atoms with Crippen LogP contribution in [0.4, 0.5) is 17.5 Å². The minimum absolute atomic E-state index is 0.112. The van der Waals surface area contributed by atoms with E-state index >= 15 is 0 Å². The summed E-state index contributed by atoms with van der Waals surface area (Å²) in [5.74, 6) is 3.24. The van der Waals surface area contributed by atoms with E-state index in [1.807, 2.05) is 36.4 Å². The van der Waals surface area contributed by atoms with Gasteiger partial charge in [-0.05, 0) is 55.4 Å². The van der Waals surface area contributed by atoms with Crippen molar-refractivity contribution in [3.8, 4) is 11.4 Å². The molecule has 2 atom stereocenters. The summed E-state index contributed by atoms with van der Waals surface area (Å²) in [5.41, 5.74) is 1.04. The van der Waals surface area contributed by atoms with E-state index in [1.165, 1.54) is 0 Å². The van der Waals surface area contributed by atoms with Crippen LogP contribution in [0.2, 0.25) is 0 Å². The average molecular weight is 444 g/mol. The van der Waals surface area contributed by atoms with Gasteiger partial charge in [0, 0.05) is 56.3 Å².